The van der Waals surface area contributed by atoms with Crippen molar-refractivity contribution in [1.82, 2.24) is 9.55 Å². The summed E-state index contributed by atoms with van der Waals surface area (Å²) in [6.45, 7) is 6.18. The second-order valence-electron chi connectivity index (χ2n) is 5.81. The van der Waals surface area contributed by atoms with Crippen LogP contribution in [0.25, 0.3) is 11.0 Å². The number of benzene rings is 1. The van der Waals surface area contributed by atoms with Crippen molar-refractivity contribution >= 4 is 11.0 Å². The van der Waals surface area contributed by atoms with Gasteiger partial charge in [-0.3, -0.25) is 0 Å². The Balaban J connectivity index is 2.16. The Labute approximate surface area is 128 Å². The third-order valence-corrected chi connectivity index (χ3v) is 4.15. The molecule has 2 N–H and O–H groups in total. The molecule has 0 aliphatic rings. The standard InChI is InChI=1S/C18H29N3/c1-3-5-6-7-8-13-21-17-10-9-15(4-2)14-16(17)20-18(21)11-12-19/h9-10,14H,3-8,11-13,19H2,1-2H3. The van der Waals surface area contributed by atoms with E-state index in [0.29, 0.717) is 6.54 Å². The number of hydrogen-bond donors (Lipinski definition) is 1. The number of imidazole rings is 1. The van der Waals surface area contributed by atoms with E-state index < -0.39 is 0 Å². The van der Waals surface area contributed by atoms with Gasteiger partial charge in [-0.05, 0) is 37.1 Å². The van der Waals surface area contributed by atoms with Crippen molar-refractivity contribution in [2.45, 2.75) is 65.3 Å². The Kier molecular flexibility index (Phi) is 6.24. The minimum Gasteiger partial charge on any atom is -0.330 e. The minimum absolute atomic E-state index is 0.666. The highest BCUT2D eigenvalue weighted by atomic mass is 15.1. The molecule has 0 bridgehead atoms. The summed E-state index contributed by atoms with van der Waals surface area (Å²) in [5.41, 5.74) is 9.50. The van der Waals surface area contributed by atoms with Gasteiger partial charge in [0.1, 0.15) is 5.82 Å². The van der Waals surface area contributed by atoms with Gasteiger partial charge in [-0.25, -0.2) is 4.98 Å². The van der Waals surface area contributed by atoms with Crippen molar-refractivity contribution in [3.05, 3.63) is 29.6 Å². The predicted octanol–water partition coefficient (Wildman–Crippen LogP) is 4.07. The lowest BCUT2D eigenvalue weighted by atomic mass is 10.1. The molecular formula is C18H29N3. The molecule has 2 aromatic rings. The van der Waals surface area contributed by atoms with Gasteiger partial charge < -0.3 is 10.3 Å². The molecule has 0 saturated carbocycles. The fraction of sp³-hybridized carbons (Fsp3) is 0.611. The van der Waals surface area contributed by atoms with Gasteiger partial charge in [0, 0.05) is 13.0 Å². The third kappa shape index (κ3) is 4.07. The van der Waals surface area contributed by atoms with Crippen molar-refractivity contribution in [3.63, 3.8) is 0 Å². The third-order valence-electron chi connectivity index (χ3n) is 4.15. The monoisotopic (exact) mass is 287 g/mol. The maximum Gasteiger partial charge on any atom is 0.111 e. The van der Waals surface area contributed by atoms with Gasteiger partial charge in [-0.15, -0.1) is 0 Å². The van der Waals surface area contributed by atoms with Gasteiger partial charge in [0.15, 0.2) is 0 Å². The molecule has 0 aliphatic carbocycles. The van der Waals surface area contributed by atoms with E-state index in [-0.39, 0.29) is 0 Å². The van der Waals surface area contributed by atoms with Gasteiger partial charge in [0.25, 0.3) is 0 Å². The van der Waals surface area contributed by atoms with Crippen LogP contribution in [0.2, 0.25) is 0 Å². The summed E-state index contributed by atoms with van der Waals surface area (Å²) >= 11 is 0. The van der Waals surface area contributed by atoms with E-state index in [1.165, 1.54) is 43.2 Å². The molecule has 3 heteroatoms. The normalized spacial score (nSPS) is 11.4. The zero-order valence-corrected chi connectivity index (χ0v) is 13.6. The molecule has 0 atom stereocenters. The second-order valence-corrected chi connectivity index (χ2v) is 5.81. The SMILES string of the molecule is CCCCCCCn1c(CCN)nc2cc(CC)ccc21. The maximum absolute atomic E-state index is 5.75. The summed E-state index contributed by atoms with van der Waals surface area (Å²) in [6, 6.07) is 6.68. The van der Waals surface area contributed by atoms with Crippen LogP contribution in [0.1, 0.15) is 57.3 Å². The summed E-state index contributed by atoms with van der Waals surface area (Å²) in [6.07, 6.45) is 8.46. The van der Waals surface area contributed by atoms with Crippen LogP contribution in [-0.2, 0) is 19.4 Å². The Hall–Kier alpha value is -1.35. The van der Waals surface area contributed by atoms with Crippen LogP contribution < -0.4 is 5.73 Å². The Morgan fingerprint density at radius 2 is 1.90 bits per heavy atom. The van der Waals surface area contributed by atoms with E-state index >= 15 is 0 Å². The summed E-state index contributed by atoms with van der Waals surface area (Å²) in [5, 5.41) is 0. The molecule has 0 saturated heterocycles. The smallest absolute Gasteiger partial charge is 0.111 e. The van der Waals surface area contributed by atoms with Gasteiger partial charge in [0.05, 0.1) is 11.0 Å². The quantitative estimate of drug-likeness (QED) is 0.706. The van der Waals surface area contributed by atoms with Gasteiger partial charge in [0.2, 0.25) is 0 Å². The van der Waals surface area contributed by atoms with Crippen molar-refractivity contribution in [2.24, 2.45) is 5.73 Å². The number of nitrogens with two attached hydrogens (primary N) is 1. The number of unbranched alkanes of at least 4 members (excludes halogenated alkanes) is 4. The zero-order valence-electron chi connectivity index (χ0n) is 13.6. The first kappa shape index (κ1) is 16.0. The molecule has 1 aromatic heterocycles. The summed E-state index contributed by atoms with van der Waals surface area (Å²) in [4.78, 5) is 4.81. The molecule has 116 valence electrons. The van der Waals surface area contributed by atoms with E-state index in [9.17, 15) is 0 Å². The van der Waals surface area contributed by atoms with Gasteiger partial charge in [-0.2, -0.15) is 0 Å². The van der Waals surface area contributed by atoms with Crippen LogP contribution in [0.4, 0.5) is 0 Å². The number of rotatable bonds is 9. The maximum atomic E-state index is 5.75. The highest BCUT2D eigenvalue weighted by molar-refractivity contribution is 5.77. The van der Waals surface area contributed by atoms with E-state index in [4.69, 9.17) is 10.7 Å². The Bertz CT molecular complexity index is 557. The molecule has 0 spiro atoms. The minimum atomic E-state index is 0.666. The number of hydrogen-bond acceptors (Lipinski definition) is 2. The van der Waals surface area contributed by atoms with Crippen LogP contribution in [0, 0.1) is 0 Å². The van der Waals surface area contributed by atoms with Crippen LogP contribution >= 0.6 is 0 Å². The topological polar surface area (TPSA) is 43.8 Å². The van der Waals surface area contributed by atoms with Gasteiger partial charge in [-0.1, -0.05) is 45.6 Å². The molecule has 0 aliphatic heterocycles. The van der Waals surface area contributed by atoms with E-state index in [1.54, 1.807) is 0 Å². The first-order valence-electron chi connectivity index (χ1n) is 8.48. The van der Waals surface area contributed by atoms with Crippen molar-refractivity contribution in [1.29, 1.82) is 0 Å². The lowest BCUT2D eigenvalue weighted by molar-refractivity contribution is 0.562. The van der Waals surface area contributed by atoms with Crippen LogP contribution in [0.3, 0.4) is 0 Å². The highest BCUT2D eigenvalue weighted by Gasteiger charge is 2.10. The summed E-state index contributed by atoms with van der Waals surface area (Å²) < 4.78 is 2.38. The van der Waals surface area contributed by atoms with Gasteiger partial charge >= 0.3 is 0 Å². The Morgan fingerprint density at radius 1 is 1.10 bits per heavy atom. The average molecular weight is 287 g/mol. The molecule has 0 fully saturated rings. The number of nitrogens with zero attached hydrogens (tertiary/aromatic N) is 2. The molecular weight excluding hydrogens is 258 g/mol. The summed E-state index contributed by atoms with van der Waals surface area (Å²) in [5.74, 6) is 1.15. The zero-order chi connectivity index (χ0) is 15.1. The molecule has 1 aromatic carbocycles. The molecule has 1 heterocycles. The van der Waals surface area contributed by atoms with Crippen molar-refractivity contribution in [2.75, 3.05) is 6.54 Å². The van der Waals surface area contributed by atoms with E-state index in [2.05, 4.69) is 36.6 Å². The van der Waals surface area contributed by atoms with E-state index in [0.717, 1.165) is 30.7 Å². The van der Waals surface area contributed by atoms with E-state index in [1.807, 2.05) is 0 Å². The molecule has 2 rings (SSSR count). The lowest BCUT2D eigenvalue weighted by Crippen LogP contribution is -2.10. The molecule has 0 radical (unpaired) electrons. The van der Waals surface area contributed by atoms with Crippen molar-refractivity contribution < 1.29 is 0 Å². The molecule has 0 amide bonds. The van der Waals surface area contributed by atoms with Crippen LogP contribution in [0.5, 0.6) is 0 Å². The first-order valence-corrected chi connectivity index (χ1v) is 8.48. The fourth-order valence-corrected chi connectivity index (χ4v) is 2.89. The molecule has 0 unspecified atom stereocenters. The Morgan fingerprint density at radius 3 is 2.62 bits per heavy atom. The molecule has 3 nitrogen and oxygen atoms in total. The highest BCUT2D eigenvalue weighted by Crippen LogP contribution is 2.20. The fourth-order valence-electron chi connectivity index (χ4n) is 2.89. The average Bonchev–Trinajstić information content (AvgIpc) is 2.84. The number of aryl methyl sites for hydroxylation is 2. The lowest BCUT2D eigenvalue weighted by Gasteiger charge is -2.09. The predicted molar refractivity (Wildman–Crippen MR) is 90.6 cm³/mol. The summed E-state index contributed by atoms with van der Waals surface area (Å²) in [7, 11) is 0. The van der Waals surface area contributed by atoms with Crippen LogP contribution in [-0.4, -0.2) is 16.1 Å². The molecule has 21 heavy (non-hydrogen) atoms. The first-order chi connectivity index (χ1) is 10.3. The number of aromatic nitrogens is 2. The van der Waals surface area contributed by atoms with Crippen LogP contribution in [0.15, 0.2) is 18.2 Å². The second kappa shape index (κ2) is 8.18. The largest absolute Gasteiger partial charge is 0.330 e. The van der Waals surface area contributed by atoms with Crippen molar-refractivity contribution in [3.8, 4) is 0 Å². The number of fused-ring (bicyclic) bond motifs is 1.